The van der Waals surface area contributed by atoms with E-state index in [1.165, 1.54) is 0 Å². The van der Waals surface area contributed by atoms with Gasteiger partial charge in [-0.25, -0.2) is 4.68 Å². The molecule has 0 spiro atoms. The van der Waals surface area contributed by atoms with Crippen molar-refractivity contribution in [3.63, 3.8) is 0 Å². The molecule has 0 aromatic carbocycles. The summed E-state index contributed by atoms with van der Waals surface area (Å²) in [5, 5.41) is 18.7. The lowest BCUT2D eigenvalue weighted by atomic mass is 9.84. The molecule has 3 fully saturated rings. The van der Waals surface area contributed by atoms with Gasteiger partial charge in [-0.3, -0.25) is 9.69 Å². The Kier molecular flexibility index (Phi) is 7.19. The van der Waals surface area contributed by atoms with E-state index in [9.17, 15) is 9.90 Å². The topological polar surface area (TPSA) is 93.0 Å². The van der Waals surface area contributed by atoms with Crippen LogP contribution in [0.4, 0.5) is 0 Å². The fraction of sp³-hybridized carbons (Fsp3) is 0.870. The van der Waals surface area contributed by atoms with Crippen molar-refractivity contribution in [2.75, 3.05) is 46.5 Å². The number of rotatable bonds is 5. The lowest BCUT2D eigenvalue weighted by Gasteiger charge is -2.40. The van der Waals surface area contributed by atoms with Crippen LogP contribution in [0.5, 0.6) is 0 Å². The molecule has 4 rings (SSSR count). The number of aliphatic hydroxyl groups is 1. The van der Waals surface area contributed by atoms with Crippen LogP contribution < -0.4 is 0 Å². The van der Waals surface area contributed by atoms with E-state index in [1.807, 2.05) is 11.1 Å². The number of methoxy groups -OCH3 is 1. The summed E-state index contributed by atoms with van der Waals surface area (Å²) in [5.41, 5.74) is 0.503. The molecule has 1 N–H and O–H groups in total. The summed E-state index contributed by atoms with van der Waals surface area (Å²) in [7, 11) is 1.70. The zero-order chi connectivity index (χ0) is 22.8. The molecule has 1 aliphatic carbocycles. The number of nitrogens with zero attached hydrogens (tertiary/aromatic N) is 5. The molecule has 9 heteroatoms. The van der Waals surface area contributed by atoms with Gasteiger partial charge in [0.15, 0.2) is 0 Å². The number of amides is 1. The van der Waals surface area contributed by atoms with Gasteiger partial charge in [-0.1, -0.05) is 19.1 Å². The highest BCUT2D eigenvalue weighted by Crippen LogP contribution is 2.40. The largest absolute Gasteiger partial charge is 0.388 e. The first-order valence-electron chi connectivity index (χ1n) is 12.1. The molecule has 3 heterocycles. The maximum atomic E-state index is 13.5. The van der Waals surface area contributed by atoms with Crippen LogP contribution in [0.2, 0.25) is 0 Å². The minimum absolute atomic E-state index is 0.0748. The van der Waals surface area contributed by atoms with Gasteiger partial charge in [0.1, 0.15) is 5.60 Å². The van der Waals surface area contributed by atoms with Gasteiger partial charge in [0.25, 0.3) is 5.91 Å². The van der Waals surface area contributed by atoms with Crippen LogP contribution in [0.3, 0.4) is 0 Å². The quantitative estimate of drug-likeness (QED) is 0.683. The number of carbonyl (C=O) groups is 1. The molecular formula is C23H39N5O4. The van der Waals surface area contributed by atoms with E-state index in [1.54, 1.807) is 11.8 Å². The standard InChI is InChI=1S/C23H39N5O4/c1-22(2)6-4-7-23(31-3,9-8-22)21(30)27-12-10-26(11-13-27)15-18-16-28(25-24-18)19-5-14-32-17-20(19)29/h16,19-20,29H,4-15,17H2,1-3H3/t19-,20-,23?/m1/s1. The van der Waals surface area contributed by atoms with Gasteiger partial charge in [-0.05, 0) is 43.9 Å². The van der Waals surface area contributed by atoms with Crippen LogP contribution in [-0.4, -0.2) is 94.0 Å². The van der Waals surface area contributed by atoms with Gasteiger partial charge in [-0.15, -0.1) is 5.10 Å². The van der Waals surface area contributed by atoms with Gasteiger partial charge in [0.2, 0.25) is 0 Å². The maximum Gasteiger partial charge on any atom is 0.254 e. The van der Waals surface area contributed by atoms with Crippen molar-refractivity contribution in [3.8, 4) is 0 Å². The minimum Gasteiger partial charge on any atom is -0.388 e. The third-order valence-corrected chi connectivity index (χ3v) is 7.65. The van der Waals surface area contributed by atoms with Crippen LogP contribution in [0.1, 0.15) is 64.1 Å². The second-order valence-corrected chi connectivity index (χ2v) is 10.5. The maximum absolute atomic E-state index is 13.5. The molecule has 3 aliphatic rings. The molecule has 1 unspecified atom stereocenters. The summed E-state index contributed by atoms with van der Waals surface area (Å²) < 4.78 is 13.0. The fourth-order valence-corrected chi connectivity index (χ4v) is 5.34. The Bertz CT molecular complexity index is 776. The molecule has 9 nitrogen and oxygen atoms in total. The third-order valence-electron chi connectivity index (χ3n) is 7.65. The molecule has 1 amide bonds. The Morgan fingerprint density at radius 1 is 1.22 bits per heavy atom. The number of aromatic nitrogens is 3. The second kappa shape index (κ2) is 9.75. The number of aliphatic hydroxyl groups excluding tert-OH is 1. The Morgan fingerprint density at radius 3 is 2.72 bits per heavy atom. The third kappa shape index (κ3) is 5.16. The first kappa shape index (κ1) is 23.6. The van der Waals surface area contributed by atoms with Gasteiger partial charge in [0.05, 0.1) is 30.6 Å². The first-order valence-corrected chi connectivity index (χ1v) is 12.1. The summed E-state index contributed by atoms with van der Waals surface area (Å²) in [6.45, 7) is 9.30. The Morgan fingerprint density at radius 2 is 2.00 bits per heavy atom. The summed E-state index contributed by atoms with van der Waals surface area (Å²) in [5.74, 6) is 0.164. The van der Waals surface area contributed by atoms with Crippen molar-refractivity contribution in [2.45, 2.75) is 76.7 Å². The number of hydrogen-bond acceptors (Lipinski definition) is 7. The monoisotopic (exact) mass is 449 g/mol. The van der Waals surface area contributed by atoms with Crippen molar-refractivity contribution in [1.82, 2.24) is 24.8 Å². The summed E-state index contributed by atoms with van der Waals surface area (Å²) in [4.78, 5) is 17.8. The van der Waals surface area contributed by atoms with E-state index in [0.29, 0.717) is 32.8 Å². The lowest BCUT2D eigenvalue weighted by Crippen LogP contribution is -2.56. The van der Waals surface area contributed by atoms with E-state index in [4.69, 9.17) is 9.47 Å². The van der Waals surface area contributed by atoms with Crippen molar-refractivity contribution in [1.29, 1.82) is 0 Å². The zero-order valence-electron chi connectivity index (χ0n) is 19.8. The fourth-order valence-electron chi connectivity index (χ4n) is 5.34. The van der Waals surface area contributed by atoms with Crippen LogP contribution in [0.15, 0.2) is 6.20 Å². The molecule has 0 radical (unpaired) electrons. The molecule has 1 aromatic heterocycles. The van der Waals surface area contributed by atoms with Crippen LogP contribution in [0, 0.1) is 5.41 Å². The van der Waals surface area contributed by atoms with E-state index < -0.39 is 11.7 Å². The highest BCUT2D eigenvalue weighted by Gasteiger charge is 2.44. The van der Waals surface area contributed by atoms with E-state index in [2.05, 4.69) is 29.1 Å². The van der Waals surface area contributed by atoms with E-state index in [0.717, 1.165) is 57.3 Å². The number of ether oxygens (including phenoxy) is 2. The summed E-state index contributed by atoms with van der Waals surface area (Å²) in [6, 6.07) is -0.0748. The predicted octanol–water partition coefficient (Wildman–Crippen LogP) is 1.62. The molecule has 0 bridgehead atoms. The second-order valence-electron chi connectivity index (χ2n) is 10.5. The molecule has 3 atom stereocenters. The molecular weight excluding hydrogens is 410 g/mol. The first-order chi connectivity index (χ1) is 15.3. The predicted molar refractivity (Wildman–Crippen MR) is 119 cm³/mol. The van der Waals surface area contributed by atoms with Gasteiger partial charge >= 0.3 is 0 Å². The molecule has 32 heavy (non-hydrogen) atoms. The van der Waals surface area contributed by atoms with Crippen molar-refractivity contribution >= 4 is 5.91 Å². The van der Waals surface area contributed by atoms with Gasteiger partial charge in [-0.2, -0.15) is 0 Å². The average molecular weight is 450 g/mol. The summed E-state index contributed by atoms with van der Waals surface area (Å²) >= 11 is 0. The van der Waals surface area contributed by atoms with Crippen molar-refractivity contribution in [2.24, 2.45) is 5.41 Å². The molecule has 2 aliphatic heterocycles. The van der Waals surface area contributed by atoms with Gasteiger partial charge < -0.3 is 19.5 Å². The molecule has 1 saturated carbocycles. The lowest BCUT2D eigenvalue weighted by molar-refractivity contribution is -0.159. The van der Waals surface area contributed by atoms with Crippen molar-refractivity contribution < 1.29 is 19.4 Å². The number of hydrogen-bond donors (Lipinski definition) is 1. The molecule has 1 aromatic rings. The highest BCUT2D eigenvalue weighted by atomic mass is 16.5. The smallest absolute Gasteiger partial charge is 0.254 e. The van der Waals surface area contributed by atoms with Crippen LogP contribution in [0.25, 0.3) is 0 Å². The van der Waals surface area contributed by atoms with E-state index in [-0.39, 0.29) is 17.4 Å². The Balaban J connectivity index is 1.31. The molecule has 2 saturated heterocycles. The normalized spacial score (nSPS) is 31.9. The summed E-state index contributed by atoms with van der Waals surface area (Å²) in [6.07, 6.45) is 6.94. The minimum atomic E-state index is -0.664. The van der Waals surface area contributed by atoms with E-state index >= 15 is 0 Å². The highest BCUT2D eigenvalue weighted by molar-refractivity contribution is 5.85. The molecule has 180 valence electrons. The average Bonchev–Trinajstić information content (AvgIpc) is 3.18. The Hall–Kier alpha value is -1.55. The zero-order valence-corrected chi connectivity index (χ0v) is 19.8. The Labute approximate surface area is 191 Å². The number of piperazine rings is 1. The SMILES string of the molecule is COC1(C(=O)N2CCN(Cc3cn([C@@H]4CCOC[C@H]4O)nn3)CC2)CCCC(C)(C)CC1. The number of carbonyl (C=O) groups excluding carboxylic acids is 1. The van der Waals surface area contributed by atoms with Crippen LogP contribution >= 0.6 is 0 Å². The van der Waals surface area contributed by atoms with Crippen LogP contribution in [-0.2, 0) is 20.8 Å². The van der Waals surface area contributed by atoms with Gasteiger partial charge in [0, 0.05) is 46.4 Å². The van der Waals surface area contributed by atoms with Crippen molar-refractivity contribution in [3.05, 3.63) is 11.9 Å².